The van der Waals surface area contributed by atoms with Gasteiger partial charge in [-0.25, -0.2) is 4.79 Å². The van der Waals surface area contributed by atoms with Gasteiger partial charge < -0.3 is 28.9 Å². The molecule has 0 bridgehead atoms. The summed E-state index contributed by atoms with van der Waals surface area (Å²) in [6.45, 7) is 4.38. The topological polar surface area (TPSA) is 67.2 Å². The van der Waals surface area contributed by atoms with Gasteiger partial charge in [0.15, 0.2) is 0 Å². The third-order valence-electron chi connectivity index (χ3n) is 8.70. The van der Waals surface area contributed by atoms with E-state index in [0.29, 0.717) is 24.7 Å². The second-order valence-corrected chi connectivity index (χ2v) is 11.8. The Balaban J connectivity index is 1.40. The fourth-order valence-corrected chi connectivity index (χ4v) is 6.63. The van der Waals surface area contributed by atoms with Crippen LogP contribution in [0.1, 0.15) is 53.9 Å². The van der Waals surface area contributed by atoms with E-state index in [0.717, 1.165) is 43.2 Å². The van der Waals surface area contributed by atoms with Crippen LogP contribution in [0, 0.1) is 0 Å². The Hall–Kier alpha value is -3.97. The van der Waals surface area contributed by atoms with E-state index in [1.165, 1.54) is 60.0 Å². The van der Waals surface area contributed by atoms with Gasteiger partial charge in [-0.15, -0.1) is 0 Å². The minimum absolute atomic E-state index is 0.341. The van der Waals surface area contributed by atoms with Gasteiger partial charge in [0.05, 0.1) is 11.3 Å². The van der Waals surface area contributed by atoms with E-state index in [-0.39, 0.29) is 0 Å². The third kappa shape index (κ3) is 5.84. The third-order valence-corrected chi connectivity index (χ3v) is 8.70. The van der Waals surface area contributed by atoms with Gasteiger partial charge in [-0.1, -0.05) is 43.5 Å². The zero-order valence-corrected chi connectivity index (χ0v) is 24.7. The van der Waals surface area contributed by atoms with Crippen LogP contribution >= 0.6 is 0 Å². The summed E-state index contributed by atoms with van der Waals surface area (Å²) in [5.74, 6) is 1.26. The lowest BCUT2D eigenvalue weighted by molar-refractivity contribution is 0.0697. The van der Waals surface area contributed by atoms with E-state index in [1.807, 2.05) is 36.4 Å². The molecule has 220 valence electrons. The lowest BCUT2D eigenvalue weighted by Crippen LogP contribution is -2.33. The van der Waals surface area contributed by atoms with Crippen molar-refractivity contribution in [1.29, 1.82) is 0 Å². The van der Waals surface area contributed by atoms with E-state index < -0.39 is 5.97 Å². The van der Waals surface area contributed by atoms with Gasteiger partial charge in [-0.05, 0) is 74.8 Å². The van der Waals surface area contributed by atoms with Gasteiger partial charge in [0.1, 0.15) is 24.7 Å². The summed E-state index contributed by atoms with van der Waals surface area (Å²) in [5, 5.41) is 11.0. The number of fused-ring (bicyclic) bond motifs is 5. The monoisotopic (exact) mass is 567 g/mol. The number of rotatable bonds is 10. The van der Waals surface area contributed by atoms with Crippen LogP contribution in [0.4, 0.5) is 5.69 Å². The number of aromatic carboxylic acids is 1. The summed E-state index contributed by atoms with van der Waals surface area (Å²) in [6.07, 6.45) is 6.12. The van der Waals surface area contributed by atoms with Gasteiger partial charge in [0.2, 0.25) is 0 Å². The van der Waals surface area contributed by atoms with E-state index >= 15 is 0 Å². The quantitative estimate of drug-likeness (QED) is 0.211. The Morgan fingerprint density at radius 2 is 1.67 bits per heavy atom. The van der Waals surface area contributed by atoms with Gasteiger partial charge in [-0.2, -0.15) is 0 Å². The van der Waals surface area contributed by atoms with E-state index in [2.05, 4.69) is 52.7 Å². The summed E-state index contributed by atoms with van der Waals surface area (Å²) >= 11 is 0. The van der Waals surface area contributed by atoms with Crippen LogP contribution in [0.5, 0.6) is 11.5 Å². The Bertz CT molecular complexity index is 1540. The lowest BCUT2D eigenvalue weighted by Gasteiger charge is -2.27. The van der Waals surface area contributed by atoms with Crippen LogP contribution in [-0.2, 0) is 6.54 Å². The predicted octanol–water partition coefficient (Wildman–Crippen LogP) is 6.89. The number of carboxylic acid groups (broad SMARTS) is 1. The molecule has 1 aliphatic carbocycles. The van der Waals surface area contributed by atoms with Crippen LogP contribution in [0.15, 0.2) is 66.7 Å². The second-order valence-electron chi connectivity index (χ2n) is 11.8. The van der Waals surface area contributed by atoms with Crippen LogP contribution in [0.3, 0.4) is 0 Å². The molecule has 0 radical (unpaired) electrons. The Kier molecular flexibility index (Phi) is 8.38. The van der Waals surface area contributed by atoms with Crippen molar-refractivity contribution in [2.45, 2.75) is 44.6 Å². The van der Waals surface area contributed by atoms with Crippen LogP contribution in [-0.4, -0.2) is 67.5 Å². The summed E-state index contributed by atoms with van der Waals surface area (Å²) < 4.78 is 14.5. The largest absolute Gasteiger partial charge is 0.490 e. The van der Waals surface area contributed by atoms with Gasteiger partial charge in [0.25, 0.3) is 0 Å². The molecule has 1 fully saturated rings. The Labute approximate surface area is 248 Å². The smallest absolute Gasteiger partial charge is 0.335 e. The van der Waals surface area contributed by atoms with Gasteiger partial charge in [0, 0.05) is 54.4 Å². The molecule has 7 heteroatoms. The maximum Gasteiger partial charge on any atom is 0.335 e. The average Bonchev–Trinajstić information content (AvgIpc) is 3.24. The van der Waals surface area contributed by atoms with E-state index in [1.54, 1.807) is 6.07 Å². The first-order valence-corrected chi connectivity index (χ1v) is 15.2. The first-order chi connectivity index (χ1) is 20.5. The minimum atomic E-state index is -0.883. The molecule has 42 heavy (non-hydrogen) atoms. The fraction of sp³-hybridized carbons (Fsp3) is 0.400. The highest BCUT2D eigenvalue weighted by Crippen LogP contribution is 2.48. The molecule has 7 nitrogen and oxygen atoms in total. The molecule has 0 atom stereocenters. The van der Waals surface area contributed by atoms with Crippen molar-refractivity contribution in [3.8, 4) is 22.8 Å². The number of carbonyl (C=O) groups is 1. The number of nitrogens with zero attached hydrogens (tertiary/aromatic N) is 3. The molecule has 0 saturated heterocycles. The normalized spacial score (nSPS) is 15.4. The molecular weight excluding hydrogens is 526 g/mol. The number of benzene rings is 3. The molecule has 0 amide bonds. The number of anilines is 1. The summed E-state index contributed by atoms with van der Waals surface area (Å²) in [5.41, 5.74) is 6.39. The fourth-order valence-electron chi connectivity index (χ4n) is 6.63. The van der Waals surface area contributed by atoms with Crippen LogP contribution in [0.25, 0.3) is 22.2 Å². The molecule has 1 aliphatic heterocycles. The van der Waals surface area contributed by atoms with Gasteiger partial charge in [-0.3, -0.25) is 0 Å². The van der Waals surface area contributed by atoms with Crippen molar-refractivity contribution in [1.82, 2.24) is 9.47 Å². The number of aromatic nitrogens is 1. The number of likely N-dealkylation sites (N-methyl/N-ethyl adjacent to an activating group) is 1. The highest BCUT2D eigenvalue weighted by atomic mass is 16.5. The van der Waals surface area contributed by atoms with Crippen molar-refractivity contribution < 1.29 is 19.4 Å². The molecule has 1 N–H and O–H groups in total. The van der Waals surface area contributed by atoms with Crippen LogP contribution < -0.4 is 14.4 Å². The SMILES string of the molecule is CN(C)CCN1CCn2c(c(C3CCCCC3)c3ccc(C(=O)O)cc32)-c2ccc(OCCOc3ccccc3)cc21. The first kappa shape index (κ1) is 28.2. The number of para-hydroxylation sites is 1. The number of hydrogen-bond donors (Lipinski definition) is 1. The molecule has 0 spiro atoms. The summed E-state index contributed by atoms with van der Waals surface area (Å²) in [6, 6.07) is 22.0. The maximum absolute atomic E-state index is 12.0. The molecule has 6 rings (SSSR count). The minimum Gasteiger partial charge on any atom is -0.490 e. The second kappa shape index (κ2) is 12.5. The number of ether oxygens (including phenoxy) is 2. The average molecular weight is 568 g/mol. The highest BCUT2D eigenvalue weighted by molar-refractivity contribution is 5.99. The van der Waals surface area contributed by atoms with Crippen molar-refractivity contribution in [3.05, 3.63) is 77.9 Å². The van der Waals surface area contributed by atoms with Crippen molar-refractivity contribution in [3.63, 3.8) is 0 Å². The molecular formula is C35H41N3O4. The van der Waals surface area contributed by atoms with Crippen molar-refractivity contribution >= 4 is 22.6 Å². The van der Waals surface area contributed by atoms with Crippen LogP contribution in [0.2, 0.25) is 0 Å². The van der Waals surface area contributed by atoms with Crippen molar-refractivity contribution in [2.75, 3.05) is 51.8 Å². The number of carboxylic acids is 1. The molecule has 1 aromatic heterocycles. The molecule has 0 unspecified atom stereocenters. The zero-order chi connectivity index (χ0) is 29.1. The highest BCUT2D eigenvalue weighted by Gasteiger charge is 2.31. The van der Waals surface area contributed by atoms with Crippen molar-refractivity contribution in [2.24, 2.45) is 0 Å². The maximum atomic E-state index is 12.0. The molecule has 3 aromatic carbocycles. The zero-order valence-electron chi connectivity index (χ0n) is 24.7. The van der Waals surface area contributed by atoms with Gasteiger partial charge >= 0.3 is 5.97 Å². The lowest BCUT2D eigenvalue weighted by atomic mass is 9.81. The first-order valence-electron chi connectivity index (χ1n) is 15.2. The standard InChI is InChI=1S/C35H41N3O4/c1-36(2)17-18-37-19-20-38-32-23-26(35(39)40)13-15-29(32)33(25-9-5-3-6-10-25)34(38)30-16-14-28(24-31(30)37)42-22-21-41-27-11-7-4-8-12-27/h4,7-8,11-16,23-25H,3,5-6,9-10,17-22H2,1-2H3,(H,39,40). The summed E-state index contributed by atoms with van der Waals surface area (Å²) in [7, 11) is 4.22. The molecule has 1 saturated carbocycles. The molecule has 2 aliphatic rings. The van der Waals surface area contributed by atoms with E-state index in [4.69, 9.17) is 9.47 Å². The Morgan fingerprint density at radius 1 is 0.905 bits per heavy atom. The Morgan fingerprint density at radius 3 is 2.40 bits per heavy atom. The van der Waals surface area contributed by atoms with E-state index in [9.17, 15) is 9.90 Å². The molecule has 2 heterocycles. The number of hydrogen-bond acceptors (Lipinski definition) is 5. The molecule has 4 aromatic rings. The predicted molar refractivity (Wildman–Crippen MR) is 168 cm³/mol. The summed E-state index contributed by atoms with van der Waals surface area (Å²) in [4.78, 5) is 16.7.